The molecule has 0 aromatic rings. The normalized spacial score (nSPS) is 25.5. The number of carbonyl (C=O) groups is 2. The maximum Gasteiger partial charge on any atom is 0.326 e. The fourth-order valence-electron chi connectivity index (χ4n) is 1.78. The lowest BCUT2D eigenvalue weighted by Gasteiger charge is -2.16. The summed E-state index contributed by atoms with van der Waals surface area (Å²) in [7, 11) is 0. The molecule has 6 heteroatoms. The summed E-state index contributed by atoms with van der Waals surface area (Å²) >= 11 is 1.57. The highest BCUT2D eigenvalue weighted by Crippen LogP contribution is 2.19. The van der Waals surface area contributed by atoms with E-state index in [0.29, 0.717) is 19.4 Å². The number of amides is 1. The monoisotopic (exact) mass is 261 g/mol. The van der Waals surface area contributed by atoms with E-state index in [4.69, 9.17) is 9.84 Å². The van der Waals surface area contributed by atoms with Crippen LogP contribution in [0.15, 0.2) is 0 Å². The van der Waals surface area contributed by atoms with Crippen LogP contribution in [0.1, 0.15) is 19.8 Å². The molecule has 0 radical (unpaired) electrons. The Morgan fingerprint density at radius 2 is 2.29 bits per heavy atom. The second kappa shape index (κ2) is 6.86. The molecule has 1 rings (SSSR count). The average Bonchev–Trinajstić information content (AvgIpc) is 2.70. The Morgan fingerprint density at radius 3 is 2.76 bits per heavy atom. The lowest BCUT2D eigenvalue weighted by atomic mass is 10.0. The number of carbonyl (C=O) groups excluding carboxylic acids is 1. The molecule has 0 spiro atoms. The van der Waals surface area contributed by atoms with Crippen LogP contribution in [-0.2, 0) is 14.3 Å². The molecule has 3 unspecified atom stereocenters. The van der Waals surface area contributed by atoms with Crippen LogP contribution in [0.4, 0.5) is 0 Å². The van der Waals surface area contributed by atoms with Gasteiger partial charge in [-0.05, 0) is 31.8 Å². The highest BCUT2D eigenvalue weighted by atomic mass is 32.2. The van der Waals surface area contributed by atoms with Crippen LogP contribution >= 0.6 is 11.8 Å². The molecular weight excluding hydrogens is 242 g/mol. The van der Waals surface area contributed by atoms with Crippen molar-refractivity contribution in [1.29, 1.82) is 0 Å². The highest BCUT2D eigenvalue weighted by molar-refractivity contribution is 7.98. The van der Waals surface area contributed by atoms with Crippen LogP contribution in [0.3, 0.4) is 0 Å². The standard InChI is InChI=1S/C11H19NO4S/c1-7-5-8(6-16-7)10(13)12-9(11(14)15)3-4-17-2/h7-9H,3-6H2,1-2H3,(H,12,13)(H,14,15). The molecule has 17 heavy (non-hydrogen) atoms. The van der Waals surface area contributed by atoms with E-state index in [1.54, 1.807) is 11.8 Å². The summed E-state index contributed by atoms with van der Waals surface area (Å²) in [5.41, 5.74) is 0. The molecule has 1 fully saturated rings. The second-order valence-corrected chi connectivity index (χ2v) is 5.24. The minimum Gasteiger partial charge on any atom is -0.480 e. The minimum absolute atomic E-state index is 0.0835. The maximum atomic E-state index is 11.8. The Morgan fingerprint density at radius 1 is 1.59 bits per heavy atom. The zero-order valence-corrected chi connectivity index (χ0v) is 11.0. The molecule has 1 saturated heterocycles. The summed E-state index contributed by atoms with van der Waals surface area (Å²) in [6, 6.07) is -0.786. The predicted molar refractivity (Wildman–Crippen MR) is 66.1 cm³/mol. The topological polar surface area (TPSA) is 75.6 Å². The maximum absolute atomic E-state index is 11.8. The molecule has 98 valence electrons. The molecule has 3 atom stereocenters. The molecule has 1 aliphatic rings. The second-order valence-electron chi connectivity index (χ2n) is 4.26. The van der Waals surface area contributed by atoms with Gasteiger partial charge in [-0.15, -0.1) is 0 Å². The first kappa shape index (κ1) is 14.3. The molecule has 0 saturated carbocycles. The van der Waals surface area contributed by atoms with E-state index in [-0.39, 0.29) is 17.9 Å². The zero-order chi connectivity index (χ0) is 12.8. The lowest BCUT2D eigenvalue weighted by Crippen LogP contribution is -2.44. The first-order valence-electron chi connectivity index (χ1n) is 5.68. The van der Waals surface area contributed by atoms with Gasteiger partial charge in [-0.3, -0.25) is 4.79 Å². The smallest absolute Gasteiger partial charge is 0.326 e. The van der Waals surface area contributed by atoms with Gasteiger partial charge in [0.05, 0.1) is 18.6 Å². The van der Waals surface area contributed by atoms with Crippen molar-refractivity contribution < 1.29 is 19.4 Å². The summed E-state index contributed by atoms with van der Waals surface area (Å²) < 4.78 is 5.30. The van der Waals surface area contributed by atoms with E-state index in [0.717, 1.165) is 5.75 Å². The van der Waals surface area contributed by atoms with Crippen LogP contribution in [0.5, 0.6) is 0 Å². The average molecular weight is 261 g/mol. The Kier molecular flexibility index (Phi) is 5.77. The van der Waals surface area contributed by atoms with Crippen molar-refractivity contribution in [3.8, 4) is 0 Å². The van der Waals surface area contributed by atoms with Crippen molar-refractivity contribution in [2.45, 2.75) is 31.9 Å². The third-order valence-electron chi connectivity index (χ3n) is 2.79. The third-order valence-corrected chi connectivity index (χ3v) is 3.44. The summed E-state index contributed by atoms with van der Waals surface area (Å²) in [4.78, 5) is 22.8. The van der Waals surface area contributed by atoms with Crippen molar-refractivity contribution in [3.05, 3.63) is 0 Å². The molecule has 2 N–H and O–H groups in total. The van der Waals surface area contributed by atoms with E-state index in [9.17, 15) is 9.59 Å². The predicted octanol–water partition coefficient (Wildman–Crippen LogP) is 0.734. The van der Waals surface area contributed by atoms with E-state index < -0.39 is 12.0 Å². The van der Waals surface area contributed by atoms with Gasteiger partial charge >= 0.3 is 5.97 Å². The van der Waals surface area contributed by atoms with Gasteiger partial charge in [-0.2, -0.15) is 11.8 Å². The summed E-state index contributed by atoms with van der Waals surface area (Å²) in [5.74, 6) is -0.669. The first-order chi connectivity index (χ1) is 8.04. The van der Waals surface area contributed by atoms with Gasteiger partial charge in [0.1, 0.15) is 6.04 Å². The summed E-state index contributed by atoms with van der Waals surface area (Å²) in [5, 5.41) is 11.6. The Balaban J connectivity index is 2.43. The number of hydrogen-bond donors (Lipinski definition) is 2. The van der Waals surface area contributed by atoms with Gasteiger partial charge in [0, 0.05) is 0 Å². The summed E-state index contributed by atoms with van der Waals surface area (Å²) in [6.07, 6.45) is 3.11. The largest absolute Gasteiger partial charge is 0.480 e. The number of carboxylic acids is 1. The highest BCUT2D eigenvalue weighted by Gasteiger charge is 2.30. The molecule has 5 nitrogen and oxygen atoms in total. The van der Waals surface area contributed by atoms with E-state index in [1.165, 1.54) is 0 Å². The molecule has 1 aliphatic heterocycles. The number of thioether (sulfide) groups is 1. The Hall–Kier alpha value is -0.750. The van der Waals surface area contributed by atoms with Crippen molar-refractivity contribution in [1.82, 2.24) is 5.32 Å². The quantitative estimate of drug-likeness (QED) is 0.737. The molecule has 0 aliphatic carbocycles. The number of ether oxygens (including phenoxy) is 1. The third kappa shape index (κ3) is 4.55. The number of rotatable bonds is 6. The summed E-state index contributed by atoms with van der Waals surface area (Å²) in [6.45, 7) is 2.30. The zero-order valence-electron chi connectivity index (χ0n) is 10.1. The molecule has 0 aromatic heterocycles. The van der Waals surface area contributed by atoms with E-state index >= 15 is 0 Å². The Labute approximate surface area is 105 Å². The van der Waals surface area contributed by atoms with Gasteiger partial charge in [-0.1, -0.05) is 0 Å². The fraction of sp³-hybridized carbons (Fsp3) is 0.818. The van der Waals surface area contributed by atoms with Crippen molar-refractivity contribution in [3.63, 3.8) is 0 Å². The van der Waals surface area contributed by atoms with Crippen LogP contribution in [0.25, 0.3) is 0 Å². The molecular formula is C11H19NO4S. The van der Waals surface area contributed by atoms with Crippen LogP contribution in [-0.4, -0.2) is 47.7 Å². The SMILES string of the molecule is CSCCC(NC(=O)C1COC(C)C1)C(=O)O. The van der Waals surface area contributed by atoms with Gasteiger partial charge in [0.2, 0.25) is 5.91 Å². The van der Waals surface area contributed by atoms with E-state index in [2.05, 4.69) is 5.32 Å². The van der Waals surface area contributed by atoms with Gasteiger partial charge in [0.15, 0.2) is 0 Å². The van der Waals surface area contributed by atoms with Crippen molar-refractivity contribution in [2.24, 2.45) is 5.92 Å². The molecule has 0 bridgehead atoms. The van der Waals surface area contributed by atoms with Gasteiger partial charge in [0.25, 0.3) is 0 Å². The fourth-order valence-corrected chi connectivity index (χ4v) is 2.25. The van der Waals surface area contributed by atoms with Gasteiger partial charge < -0.3 is 15.2 Å². The number of carboxylic acid groups (broad SMARTS) is 1. The lowest BCUT2D eigenvalue weighted by molar-refractivity contribution is -0.142. The molecule has 1 amide bonds. The number of hydrogen-bond acceptors (Lipinski definition) is 4. The van der Waals surface area contributed by atoms with Crippen LogP contribution in [0.2, 0.25) is 0 Å². The first-order valence-corrected chi connectivity index (χ1v) is 7.07. The van der Waals surface area contributed by atoms with Crippen molar-refractivity contribution in [2.75, 3.05) is 18.6 Å². The minimum atomic E-state index is -0.973. The van der Waals surface area contributed by atoms with Crippen LogP contribution in [0, 0.1) is 5.92 Å². The molecule has 1 heterocycles. The number of nitrogens with one attached hydrogen (secondary N) is 1. The van der Waals surface area contributed by atoms with E-state index in [1.807, 2.05) is 13.2 Å². The molecule has 0 aromatic carbocycles. The van der Waals surface area contributed by atoms with Crippen molar-refractivity contribution >= 4 is 23.6 Å². The Bertz CT molecular complexity index is 285. The number of aliphatic carboxylic acids is 1. The van der Waals surface area contributed by atoms with Gasteiger partial charge in [-0.25, -0.2) is 4.79 Å². The van der Waals surface area contributed by atoms with Crippen LogP contribution < -0.4 is 5.32 Å².